The molecule has 1 atom stereocenters. The van der Waals surface area contributed by atoms with E-state index in [0.717, 1.165) is 5.01 Å². The Bertz CT molecular complexity index is 883. The largest absolute Gasteiger partial charge is 0.409 e. The molecule has 0 aliphatic carbocycles. The van der Waals surface area contributed by atoms with Crippen molar-refractivity contribution in [2.45, 2.75) is 38.0 Å². The number of hydrogen-bond acceptors (Lipinski definition) is 3. The molecule has 0 aromatic heterocycles. The fraction of sp³-hybridized carbons (Fsp3) is 0.333. The zero-order valence-electron chi connectivity index (χ0n) is 13.7. The van der Waals surface area contributed by atoms with Crippen LogP contribution in [0.3, 0.4) is 0 Å². The number of alkyl halides is 3. The molecule has 7 heteroatoms. The van der Waals surface area contributed by atoms with E-state index in [0.29, 0.717) is 16.3 Å². The predicted molar refractivity (Wildman–Crippen MR) is 86.1 cm³/mol. The standard InChI is InChI=1S/C18H16F3N3O/c1-17(2)9-15(25)23-24(17)16(18(19,20)21)14-8-7-11(10-22)12-5-3-4-6-13(12)14/h3-8,16H,9H2,1-2H3,(H,23,25)/t16-/m0/s1. The van der Waals surface area contributed by atoms with Crippen LogP contribution >= 0.6 is 0 Å². The van der Waals surface area contributed by atoms with E-state index in [9.17, 15) is 23.2 Å². The van der Waals surface area contributed by atoms with Crippen LogP contribution in [0.1, 0.15) is 37.4 Å². The summed E-state index contributed by atoms with van der Waals surface area (Å²) < 4.78 is 41.9. The van der Waals surface area contributed by atoms with Crippen molar-refractivity contribution in [2.75, 3.05) is 0 Å². The van der Waals surface area contributed by atoms with Gasteiger partial charge in [-0.2, -0.15) is 23.4 Å². The summed E-state index contributed by atoms with van der Waals surface area (Å²) in [6, 6.07) is 9.20. The van der Waals surface area contributed by atoms with Crippen molar-refractivity contribution in [1.29, 1.82) is 5.26 Å². The second-order valence-electron chi connectivity index (χ2n) is 6.70. The van der Waals surface area contributed by atoms with Gasteiger partial charge in [-0.3, -0.25) is 10.2 Å². The fourth-order valence-corrected chi connectivity index (χ4v) is 3.34. The molecule has 2 aromatic rings. The van der Waals surface area contributed by atoms with Gasteiger partial charge < -0.3 is 0 Å². The third kappa shape index (κ3) is 2.94. The van der Waals surface area contributed by atoms with Crippen LogP contribution in [0, 0.1) is 11.3 Å². The lowest BCUT2D eigenvalue weighted by molar-refractivity contribution is -0.203. The minimum Gasteiger partial charge on any atom is -0.287 e. The van der Waals surface area contributed by atoms with E-state index in [4.69, 9.17) is 0 Å². The molecule has 1 N–H and O–H groups in total. The van der Waals surface area contributed by atoms with Crippen molar-refractivity contribution < 1.29 is 18.0 Å². The summed E-state index contributed by atoms with van der Waals surface area (Å²) in [4.78, 5) is 11.7. The molecule has 1 saturated heterocycles. The van der Waals surface area contributed by atoms with Gasteiger partial charge in [-0.15, -0.1) is 0 Å². The molecule has 0 spiro atoms. The van der Waals surface area contributed by atoms with Crippen LogP contribution in [0.25, 0.3) is 10.8 Å². The molecule has 1 amide bonds. The van der Waals surface area contributed by atoms with Crippen molar-refractivity contribution >= 4 is 16.7 Å². The van der Waals surface area contributed by atoms with Gasteiger partial charge in [0.1, 0.15) is 0 Å². The first kappa shape index (κ1) is 17.2. The molecule has 0 unspecified atom stereocenters. The zero-order valence-corrected chi connectivity index (χ0v) is 13.7. The monoisotopic (exact) mass is 347 g/mol. The van der Waals surface area contributed by atoms with Crippen LogP contribution < -0.4 is 5.43 Å². The van der Waals surface area contributed by atoms with Gasteiger partial charge in [-0.05, 0) is 36.2 Å². The van der Waals surface area contributed by atoms with E-state index < -0.39 is 23.7 Å². The van der Waals surface area contributed by atoms with Crippen LogP contribution in [0.15, 0.2) is 36.4 Å². The Balaban J connectivity index is 2.25. The first-order valence-corrected chi connectivity index (χ1v) is 7.72. The molecule has 1 aliphatic heterocycles. The lowest BCUT2D eigenvalue weighted by Crippen LogP contribution is -2.51. The molecule has 1 heterocycles. The first-order valence-electron chi connectivity index (χ1n) is 7.72. The number of nitriles is 1. The number of amides is 1. The second kappa shape index (κ2) is 5.74. The Kier molecular flexibility index (Phi) is 3.96. The highest BCUT2D eigenvalue weighted by atomic mass is 19.4. The molecule has 1 aliphatic rings. The molecule has 3 rings (SSSR count). The highest BCUT2D eigenvalue weighted by Gasteiger charge is 2.53. The molecular formula is C18H16F3N3O. The van der Waals surface area contributed by atoms with Gasteiger partial charge in [0.25, 0.3) is 0 Å². The number of hydrazine groups is 1. The Labute approximate surface area is 142 Å². The zero-order chi connectivity index (χ0) is 18.4. The van der Waals surface area contributed by atoms with Gasteiger partial charge >= 0.3 is 6.18 Å². The van der Waals surface area contributed by atoms with E-state index in [1.165, 1.54) is 12.1 Å². The van der Waals surface area contributed by atoms with E-state index in [1.54, 1.807) is 38.1 Å². The summed E-state index contributed by atoms with van der Waals surface area (Å²) in [6.45, 7) is 3.19. The minimum atomic E-state index is -4.61. The minimum absolute atomic E-state index is 0.0115. The van der Waals surface area contributed by atoms with Crippen LogP contribution in [0.2, 0.25) is 0 Å². The maximum absolute atomic E-state index is 14.0. The summed E-state index contributed by atoms with van der Waals surface area (Å²) in [5.41, 5.74) is 1.68. The van der Waals surface area contributed by atoms with Gasteiger partial charge in [0, 0.05) is 12.0 Å². The van der Waals surface area contributed by atoms with Gasteiger partial charge in [0.2, 0.25) is 5.91 Å². The third-order valence-electron chi connectivity index (χ3n) is 4.43. The number of halogens is 3. The van der Waals surface area contributed by atoms with E-state index in [1.807, 2.05) is 6.07 Å². The topological polar surface area (TPSA) is 56.1 Å². The van der Waals surface area contributed by atoms with Gasteiger partial charge in [-0.25, -0.2) is 0 Å². The highest BCUT2D eigenvalue weighted by molar-refractivity contribution is 5.91. The van der Waals surface area contributed by atoms with Crippen LogP contribution in [0.5, 0.6) is 0 Å². The summed E-state index contributed by atoms with van der Waals surface area (Å²) in [5, 5.41) is 11.0. The highest BCUT2D eigenvalue weighted by Crippen LogP contribution is 2.44. The molecular weight excluding hydrogens is 331 g/mol. The third-order valence-corrected chi connectivity index (χ3v) is 4.43. The number of nitrogens with zero attached hydrogens (tertiary/aromatic N) is 2. The SMILES string of the molecule is CC1(C)CC(=O)NN1[C@@H](c1ccc(C#N)c2ccccc12)C(F)(F)F. The molecule has 1 fully saturated rings. The van der Waals surface area contributed by atoms with Crippen molar-refractivity contribution in [2.24, 2.45) is 0 Å². The van der Waals surface area contributed by atoms with E-state index in [2.05, 4.69) is 5.43 Å². The molecule has 25 heavy (non-hydrogen) atoms. The Morgan fingerprint density at radius 1 is 1.20 bits per heavy atom. The van der Waals surface area contributed by atoms with Crippen molar-refractivity contribution in [3.05, 3.63) is 47.5 Å². The van der Waals surface area contributed by atoms with Crippen molar-refractivity contribution in [3.8, 4) is 6.07 Å². The molecule has 130 valence electrons. The summed E-state index contributed by atoms with van der Waals surface area (Å²) in [7, 11) is 0. The fourth-order valence-electron chi connectivity index (χ4n) is 3.34. The summed E-state index contributed by atoms with van der Waals surface area (Å²) in [6.07, 6.45) is -4.63. The summed E-state index contributed by atoms with van der Waals surface area (Å²) >= 11 is 0. The lowest BCUT2D eigenvalue weighted by atomic mass is 9.92. The number of benzene rings is 2. The van der Waals surface area contributed by atoms with Gasteiger partial charge in [-0.1, -0.05) is 30.3 Å². The lowest BCUT2D eigenvalue weighted by Gasteiger charge is -2.38. The number of carbonyl (C=O) groups is 1. The molecule has 0 radical (unpaired) electrons. The smallest absolute Gasteiger partial charge is 0.287 e. The second-order valence-corrected chi connectivity index (χ2v) is 6.70. The van der Waals surface area contributed by atoms with Crippen molar-refractivity contribution in [1.82, 2.24) is 10.4 Å². The maximum Gasteiger partial charge on any atom is 0.409 e. The quantitative estimate of drug-likeness (QED) is 0.898. The van der Waals surface area contributed by atoms with Gasteiger partial charge in [0.15, 0.2) is 6.04 Å². The number of nitrogens with one attached hydrogen (secondary N) is 1. The first-order chi connectivity index (χ1) is 11.6. The van der Waals surface area contributed by atoms with Crippen LogP contribution in [-0.2, 0) is 4.79 Å². The van der Waals surface area contributed by atoms with E-state index in [-0.39, 0.29) is 12.0 Å². The number of hydrogen-bond donors (Lipinski definition) is 1. The molecule has 4 nitrogen and oxygen atoms in total. The maximum atomic E-state index is 14.0. The molecule has 0 bridgehead atoms. The average Bonchev–Trinajstić information content (AvgIpc) is 2.78. The predicted octanol–water partition coefficient (Wildman–Crippen LogP) is 3.83. The number of fused-ring (bicyclic) bond motifs is 1. The number of carbonyl (C=O) groups excluding carboxylic acids is 1. The Hall–Kier alpha value is -2.59. The van der Waals surface area contributed by atoms with Crippen LogP contribution in [0.4, 0.5) is 13.2 Å². The number of rotatable bonds is 2. The molecule has 2 aromatic carbocycles. The summed E-state index contributed by atoms with van der Waals surface area (Å²) in [5.74, 6) is -0.447. The van der Waals surface area contributed by atoms with Gasteiger partial charge in [0.05, 0.1) is 11.6 Å². The Morgan fingerprint density at radius 3 is 2.36 bits per heavy atom. The average molecular weight is 347 g/mol. The Morgan fingerprint density at radius 2 is 1.84 bits per heavy atom. The van der Waals surface area contributed by atoms with Crippen LogP contribution in [-0.4, -0.2) is 22.6 Å². The normalized spacial score (nSPS) is 18.8. The molecule has 0 saturated carbocycles. The van der Waals surface area contributed by atoms with E-state index >= 15 is 0 Å². The van der Waals surface area contributed by atoms with Crippen molar-refractivity contribution in [3.63, 3.8) is 0 Å².